The molecule has 6 heteroatoms. The topological polar surface area (TPSA) is 84.6 Å². The molecule has 0 rings (SSSR count). The van der Waals surface area contributed by atoms with Gasteiger partial charge in [-0.3, -0.25) is 9.59 Å². The van der Waals surface area contributed by atoms with Gasteiger partial charge < -0.3 is 11.1 Å². The first-order valence-corrected chi connectivity index (χ1v) is 3.31. The van der Waals surface area contributed by atoms with Crippen LogP contribution >= 0.6 is 0 Å². The van der Waals surface area contributed by atoms with Crippen LogP contribution < -0.4 is 11.1 Å². The fraction of sp³-hybridized carbons (Fsp3) is 0.500. The van der Waals surface area contributed by atoms with Crippen LogP contribution in [0.4, 0.5) is 4.39 Å². The van der Waals surface area contributed by atoms with Gasteiger partial charge in [0.2, 0.25) is 0 Å². The number of nitrogens with zero attached hydrogens (tertiary/aromatic N) is 1. The van der Waals surface area contributed by atoms with E-state index in [2.05, 4.69) is 10.3 Å². The van der Waals surface area contributed by atoms with Crippen molar-refractivity contribution in [2.45, 2.75) is 6.92 Å². The SMILES string of the molecule is CCNC(=O)/C(=N\CF)C(N)=O. The lowest BCUT2D eigenvalue weighted by atomic mass is 10.3. The monoisotopic (exact) mass is 175 g/mol. The molecule has 12 heavy (non-hydrogen) atoms. The van der Waals surface area contributed by atoms with Crippen LogP contribution in [0.5, 0.6) is 0 Å². The summed E-state index contributed by atoms with van der Waals surface area (Å²) in [4.78, 5) is 24.3. The van der Waals surface area contributed by atoms with Crippen LogP contribution in [0.3, 0.4) is 0 Å². The smallest absolute Gasteiger partial charge is 0.275 e. The van der Waals surface area contributed by atoms with Crippen molar-refractivity contribution in [3.8, 4) is 0 Å². The van der Waals surface area contributed by atoms with E-state index in [1.807, 2.05) is 0 Å². The number of nitrogens with one attached hydrogen (secondary N) is 1. The summed E-state index contributed by atoms with van der Waals surface area (Å²) in [5, 5.41) is 2.27. The zero-order valence-corrected chi connectivity index (χ0v) is 6.63. The minimum Gasteiger partial charge on any atom is -0.364 e. The van der Waals surface area contributed by atoms with Gasteiger partial charge in [0.15, 0.2) is 12.5 Å². The minimum absolute atomic E-state index is 0.331. The van der Waals surface area contributed by atoms with Crippen molar-refractivity contribution in [2.75, 3.05) is 13.3 Å². The van der Waals surface area contributed by atoms with Crippen molar-refractivity contribution in [1.82, 2.24) is 5.32 Å². The number of hydrogen-bond acceptors (Lipinski definition) is 3. The summed E-state index contributed by atoms with van der Waals surface area (Å²) in [7, 11) is 0. The number of aliphatic imine (C=N–C) groups is 1. The van der Waals surface area contributed by atoms with Crippen LogP contribution in [-0.2, 0) is 9.59 Å². The fourth-order valence-corrected chi connectivity index (χ4v) is 0.566. The number of halogens is 1. The van der Waals surface area contributed by atoms with E-state index in [9.17, 15) is 14.0 Å². The molecule has 0 aromatic rings. The van der Waals surface area contributed by atoms with Crippen LogP contribution in [0.25, 0.3) is 0 Å². The maximum absolute atomic E-state index is 11.6. The summed E-state index contributed by atoms with van der Waals surface area (Å²) < 4.78 is 11.6. The van der Waals surface area contributed by atoms with Crippen molar-refractivity contribution in [2.24, 2.45) is 10.7 Å². The second kappa shape index (κ2) is 5.22. The summed E-state index contributed by atoms with van der Waals surface area (Å²) in [5.74, 6) is -1.78. The molecule has 2 amide bonds. The lowest BCUT2D eigenvalue weighted by molar-refractivity contribution is -0.117. The van der Waals surface area contributed by atoms with E-state index in [0.29, 0.717) is 6.54 Å². The van der Waals surface area contributed by atoms with Crippen molar-refractivity contribution in [3.05, 3.63) is 0 Å². The van der Waals surface area contributed by atoms with Crippen molar-refractivity contribution in [3.63, 3.8) is 0 Å². The maximum atomic E-state index is 11.6. The number of amides is 2. The Balaban J connectivity index is 4.41. The Morgan fingerprint density at radius 3 is 2.50 bits per heavy atom. The molecule has 0 unspecified atom stereocenters. The first kappa shape index (κ1) is 10.5. The van der Waals surface area contributed by atoms with E-state index in [1.54, 1.807) is 6.92 Å². The number of nitrogens with two attached hydrogens (primary N) is 1. The molecule has 0 bridgehead atoms. The van der Waals surface area contributed by atoms with Gasteiger partial charge in [0.25, 0.3) is 11.8 Å². The van der Waals surface area contributed by atoms with E-state index < -0.39 is 24.3 Å². The van der Waals surface area contributed by atoms with E-state index in [1.165, 1.54) is 0 Å². The molecular weight excluding hydrogens is 165 g/mol. The van der Waals surface area contributed by atoms with Gasteiger partial charge in [-0.2, -0.15) is 0 Å². The van der Waals surface area contributed by atoms with E-state index in [-0.39, 0.29) is 0 Å². The van der Waals surface area contributed by atoms with Gasteiger partial charge in [0.05, 0.1) is 0 Å². The first-order valence-electron chi connectivity index (χ1n) is 3.31. The van der Waals surface area contributed by atoms with E-state index in [0.717, 1.165) is 0 Å². The van der Waals surface area contributed by atoms with Crippen molar-refractivity contribution < 1.29 is 14.0 Å². The van der Waals surface area contributed by atoms with Crippen LogP contribution in [0.15, 0.2) is 4.99 Å². The Morgan fingerprint density at radius 1 is 1.58 bits per heavy atom. The van der Waals surface area contributed by atoms with E-state index in [4.69, 9.17) is 5.73 Å². The van der Waals surface area contributed by atoms with Crippen LogP contribution in [0, 0.1) is 0 Å². The third kappa shape index (κ3) is 3.09. The highest BCUT2D eigenvalue weighted by Gasteiger charge is 2.15. The van der Waals surface area contributed by atoms with Gasteiger partial charge in [-0.05, 0) is 6.92 Å². The highest BCUT2D eigenvalue weighted by atomic mass is 19.1. The average molecular weight is 175 g/mol. The molecule has 0 fully saturated rings. The fourth-order valence-electron chi connectivity index (χ4n) is 0.566. The molecule has 5 nitrogen and oxygen atoms in total. The van der Waals surface area contributed by atoms with Gasteiger partial charge in [-0.1, -0.05) is 0 Å². The lowest BCUT2D eigenvalue weighted by Gasteiger charge is -2.00. The molecular formula is C6H10FN3O2. The third-order valence-electron chi connectivity index (χ3n) is 1.00. The first-order chi connectivity index (χ1) is 5.63. The molecule has 68 valence electrons. The molecule has 3 N–H and O–H groups in total. The van der Waals surface area contributed by atoms with Crippen molar-refractivity contribution >= 4 is 17.5 Å². The largest absolute Gasteiger partial charge is 0.364 e. The molecule has 0 saturated heterocycles. The summed E-state index contributed by atoms with van der Waals surface area (Å²) in [6, 6.07) is 0. The van der Waals surface area contributed by atoms with Gasteiger partial charge in [-0.15, -0.1) is 0 Å². The number of alkyl halides is 1. The quantitative estimate of drug-likeness (QED) is 0.325. The van der Waals surface area contributed by atoms with Gasteiger partial charge in [-0.25, -0.2) is 9.38 Å². The molecule has 0 aromatic heterocycles. The van der Waals surface area contributed by atoms with Gasteiger partial charge >= 0.3 is 0 Å². The third-order valence-corrected chi connectivity index (χ3v) is 1.00. The van der Waals surface area contributed by atoms with Crippen LogP contribution in [-0.4, -0.2) is 30.9 Å². The summed E-state index contributed by atoms with van der Waals surface area (Å²) in [6.07, 6.45) is 0. The second-order valence-electron chi connectivity index (χ2n) is 1.85. The molecule has 0 radical (unpaired) electrons. The van der Waals surface area contributed by atoms with E-state index >= 15 is 0 Å². The molecule has 0 aromatic carbocycles. The number of carbonyl (C=O) groups is 2. The Kier molecular flexibility index (Phi) is 4.59. The van der Waals surface area contributed by atoms with Crippen molar-refractivity contribution in [1.29, 1.82) is 0 Å². The minimum atomic E-state index is -1.13. The molecule has 0 heterocycles. The van der Waals surface area contributed by atoms with Gasteiger partial charge in [0, 0.05) is 6.54 Å². The maximum Gasteiger partial charge on any atom is 0.275 e. The molecule has 0 aliphatic heterocycles. The Labute approximate surface area is 68.8 Å². The predicted molar refractivity (Wildman–Crippen MR) is 41.3 cm³/mol. The molecule has 0 atom stereocenters. The molecule has 0 spiro atoms. The number of rotatable bonds is 4. The summed E-state index contributed by atoms with van der Waals surface area (Å²) >= 11 is 0. The van der Waals surface area contributed by atoms with Crippen LogP contribution in [0.2, 0.25) is 0 Å². The normalized spacial score (nSPS) is 11.0. The zero-order valence-electron chi connectivity index (χ0n) is 6.63. The number of carbonyl (C=O) groups excluding carboxylic acids is 2. The average Bonchev–Trinajstić information content (AvgIpc) is 1.99. The zero-order chi connectivity index (χ0) is 9.56. The highest BCUT2D eigenvalue weighted by Crippen LogP contribution is 1.80. The standard InChI is InChI=1S/C6H10FN3O2/c1-2-9-6(12)4(5(8)11)10-3-7/h2-3H2,1H3,(H2,8,11)(H,9,12)/b10-4-. The summed E-state index contributed by atoms with van der Waals surface area (Å²) in [5.41, 5.74) is 4.17. The number of hydrogen-bond donors (Lipinski definition) is 2. The highest BCUT2D eigenvalue weighted by molar-refractivity contribution is 6.64. The Morgan fingerprint density at radius 2 is 2.17 bits per heavy atom. The number of primary amides is 1. The van der Waals surface area contributed by atoms with Crippen LogP contribution in [0.1, 0.15) is 6.92 Å². The predicted octanol–water partition coefficient (Wildman–Crippen LogP) is -1.02. The Hall–Kier alpha value is -1.46. The summed E-state index contributed by atoms with van der Waals surface area (Å²) in [6.45, 7) is 0.860. The second-order valence-corrected chi connectivity index (χ2v) is 1.85. The Bertz CT molecular complexity index is 215. The molecule has 0 saturated carbocycles. The molecule has 0 aliphatic carbocycles. The van der Waals surface area contributed by atoms with Gasteiger partial charge in [0.1, 0.15) is 0 Å². The molecule has 0 aliphatic rings. The lowest BCUT2D eigenvalue weighted by Crippen LogP contribution is -2.39.